The van der Waals surface area contributed by atoms with Crippen LogP contribution in [0.25, 0.3) is 0 Å². The second-order valence-electron chi connectivity index (χ2n) is 7.17. The third-order valence-electron chi connectivity index (χ3n) is 5.23. The lowest BCUT2D eigenvalue weighted by Gasteiger charge is -2.37. The number of amides is 1. The van der Waals surface area contributed by atoms with Crippen molar-refractivity contribution in [2.75, 3.05) is 50.7 Å². The lowest BCUT2D eigenvalue weighted by molar-refractivity contribution is -0.133. The van der Waals surface area contributed by atoms with Crippen molar-refractivity contribution in [3.05, 3.63) is 29.8 Å². The first kappa shape index (κ1) is 16.3. The summed E-state index contributed by atoms with van der Waals surface area (Å²) in [6, 6.07) is 8.69. The zero-order chi connectivity index (χ0) is 16.2. The number of hydrogen-bond acceptors (Lipinski definition) is 3. The Morgan fingerprint density at radius 1 is 1.09 bits per heavy atom. The van der Waals surface area contributed by atoms with Crippen molar-refractivity contribution in [2.24, 2.45) is 5.92 Å². The van der Waals surface area contributed by atoms with E-state index in [0.717, 1.165) is 58.0 Å². The number of hydrogen-bond donors (Lipinski definition) is 0. The van der Waals surface area contributed by atoms with E-state index in [4.69, 9.17) is 0 Å². The van der Waals surface area contributed by atoms with Gasteiger partial charge >= 0.3 is 0 Å². The van der Waals surface area contributed by atoms with Gasteiger partial charge in [0.2, 0.25) is 5.91 Å². The first-order chi connectivity index (χ1) is 11.1. The fourth-order valence-electron chi connectivity index (χ4n) is 3.54. The SMILES string of the molecule is Cc1cccc(N2CCN(CC(=O)N3CCC(C)CC3)CC2)c1. The summed E-state index contributed by atoms with van der Waals surface area (Å²) in [6.45, 7) is 10.9. The van der Waals surface area contributed by atoms with Crippen molar-refractivity contribution >= 4 is 11.6 Å². The number of piperazine rings is 1. The van der Waals surface area contributed by atoms with E-state index in [-0.39, 0.29) is 0 Å². The van der Waals surface area contributed by atoms with E-state index in [0.29, 0.717) is 12.5 Å². The molecular weight excluding hydrogens is 286 g/mol. The lowest BCUT2D eigenvalue weighted by atomic mass is 9.99. The molecule has 1 aromatic carbocycles. The largest absolute Gasteiger partial charge is 0.369 e. The molecule has 126 valence electrons. The number of piperidine rings is 1. The molecule has 3 rings (SSSR count). The highest BCUT2D eigenvalue weighted by Crippen LogP contribution is 2.19. The van der Waals surface area contributed by atoms with Crippen LogP contribution in [0.3, 0.4) is 0 Å². The summed E-state index contributed by atoms with van der Waals surface area (Å²) < 4.78 is 0. The van der Waals surface area contributed by atoms with Gasteiger partial charge < -0.3 is 9.80 Å². The number of nitrogens with zero attached hydrogens (tertiary/aromatic N) is 3. The van der Waals surface area contributed by atoms with Gasteiger partial charge in [-0.3, -0.25) is 9.69 Å². The van der Waals surface area contributed by atoms with E-state index < -0.39 is 0 Å². The molecular formula is C19H29N3O. The Labute approximate surface area is 140 Å². The summed E-state index contributed by atoms with van der Waals surface area (Å²) in [7, 11) is 0. The smallest absolute Gasteiger partial charge is 0.236 e. The Balaban J connectivity index is 1.46. The molecule has 0 bridgehead atoms. The highest BCUT2D eigenvalue weighted by molar-refractivity contribution is 5.78. The molecule has 1 aromatic rings. The highest BCUT2D eigenvalue weighted by Gasteiger charge is 2.24. The normalized spacial score (nSPS) is 20.8. The molecule has 2 fully saturated rings. The van der Waals surface area contributed by atoms with Crippen molar-refractivity contribution in [3.63, 3.8) is 0 Å². The molecule has 4 nitrogen and oxygen atoms in total. The van der Waals surface area contributed by atoms with Gasteiger partial charge in [-0.15, -0.1) is 0 Å². The first-order valence-electron chi connectivity index (χ1n) is 8.93. The number of anilines is 1. The quantitative estimate of drug-likeness (QED) is 0.857. The number of likely N-dealkylation sites (tertiary alicyclic amines) is 1. The Morgan fingerprint density at radius 2 is 1.78 bits per heavy atom. The van der Waals surface area contributed by atoms with Gasteiger partial charge in [0.25, 0.3) is 0 Å². The van der Waals surface area contributed by atoms with Gasteiger partial charge in [0.05, 0.1) is 6.54 Å². The maximum absolute atomic E-state index is 12.4. The first-order valence-corrected chi connectivity index (χ1v) is 8.93. The maximum atomic E-state index is 12.4. The standard InChI is InChI=1S/C19H29N3O/c1-16-6-8-22(9-7-16)19(23)15-20-10-12-21(13-11-20)18-5-3-4-17(2)14-18/h3-5,14,16H,6-13,15H2,1-2H3. The number of carbonyl (C=O) groups excluding carboxylic acids is 1. The van der Waals surface area contributed by atoms with Crippen LogP contribution in [0.4, 0.5) is 5.69 Å². The Kier molecular flexibility index (Phi) is 5.21. The van der Waals surface area contributed by atoms with Gasteiger partial charge in [0, 0.05) is 45.0 Å². The minimum Gasteiger partial charge on any atom is -0.369 e. The fraction of sp³-hybridized carbons (Fsp3) is 0.632. The van der Waals surface area contributed by atoms with E-state index in [1.54, 1.807) is 0 Å². The summed E-state index contributed by atoms with van der Waals surface area (Å²) in [5.41, 5.74) is 2.61. The third kappa shape index (κ3) is 4.25. The predicted molar refractivity (Wildman–Crippen MR) is 94.8 cm³/mol. The predicted octanol–water partition coefficient (Wildman–Crippen LogP) is 2.38. The molecule has 23 heavy (non-hydrogen) atoms. The van der Waals surface area contributed by atoms with Gasteiger partial charge in [-0.1, -0.05) is 19.1 Å². The van der Waals surface area contributed by atoms with Gasteiger partial charge in [-0.05, 0) is 43.4 Å². The molecule has 0 N–H and O–H groups in total. The van der Waals surface area contributed by atoms with Gasteiger partial charge in [-0.2, -0.15) is 0 Å². The Morgan fingerprint density at radius 3 is 2.43 bits per heavy atom. The van der Waals surface area contributed by atoms with Crippen molar-refractivity contribution in [3.8, 4) is 0 Å². The molecule has 0 aromatic heterocycles. The molecule has 2 aliphatic rings. The van der Waals surface area contributed by atoms with E-state index in [1.165, 1.54) is 11.3 Å². The maximum Gasteiger partial charge on any atom is 0.236 e. The molecule has 2 saturated heterocycles. The van der Waals surface area contributed by atoms with Crippen LogP contribution in [0.1, 0.15) is 25.3 Å². The van der Waals surface area contributed by atoms with Crippen LogP contribution in [0.2, 0.25) is 0 Å². The molecule has 0 radical (unpaired) electrons. The van der Waals surface area contributed by atoms with Crippen LogP contribution in [-0.2, 0) is 4.79 Å². The van der Waals surface area contributed by atoms with Crippen LogP contribution >= 0.6 is 0 Å². The lowest BCUT2D eigenvalue weighted by Crippen LogP contribution is -2.51. The van der Waals surface area contributed by atoms with Crippen LogP contribution in [-0.4, -0.2) is 61.5 Å². The molecule has 0 saturated carbocycles. The molecule has 2 aliphatic heterocycles. The van der Waals surface area contributed by atoms with Crippen LogP contribution in [0, 0.1) is 12.8 Å². The molecule has 0 unspecified atom stereocenters. The Bertz CT molecular complexity index is 529. The van der Waals surface area contributed by atoms with Crippen LogP contribution in [0.5, 0.6) is 0 Å². The van der Waals surface area contributed by atoms with Gasteiger partial charge in [-0.25, -0.2) is 0 Å². The van der Waals surface area contributed by atoms with E-state index in [2.05, 4.69) is 52.8 Å². The average molecular weight is 315 g/mol. The van der Waals surface area contributed by atoms with Crippen molar-refractivity contribution in [1.29, 1.82) is 0 Å². The summed E-state index contributed by atoms with van der Waals surface area (Å²) in [6.07, 6.45) is 2.32. The molecule has 0 atom stereocenters. The number of benzene rings is 1. The monoisotopic (exact) mass is 315 g/mol. The van der Waals surface area contributed by atoms with Crippen LogP contribution in [0.15, 0.2) is 24.3 Å². The number of carbonyl (C=O) groups is 1. The molecule has 0 aliphatic carbocycles. The number of rotatable bonds is 3. The van der Waals surface area contributed by atoms with Crippen LogP contribution < -0.4 is 4.90 Å². The molecule has 1 amide bonds. The van der Waals surface area contributed by atoms with Crippen molar-refractivity contribution in [2.45, 2.75) is 26.7 Å². The molecule has 0 spiro atoms. The minimum atomic E-state index is 0.320. The highest BCUT2D eigenvalue weighted by atomic mass is 16.2. The molecule has 4 heteroatoms. The second-order valence-corrected chi connectivity index (χ2v) is 7.17. The second kappa shape index (κ2) is 7.35. The average Bonchev–Trinajstić information content (AvgIpc) is 2.56. The topological polar surface area (TPSA) is 26.8 Å². The van der Waals surface area contributed by atoms with Gasteiger partial charge in [0.1, 0.15) is 0 Å². The van der Waals surface area contributed by atoms with E-state index in [9.17, 15) is 4.79 Å². The Hall–Kier alpha value is -1.55. The van der Waals surface area contributed by atoms with Crippen molar-refractivity contribution in [1.82, 2.24) is 9.80 Å². The van der Waals surface area contributed by atoms with E-state index >= 15 is 0 Å². The third-order valence-corrected chi connectivity index (χ3v) is 5.23. The molecule has 2 heterocycles. The van der Waals surface area contributed by atoms with Crippen molar-refractivity contribution < 1.29 is 4.79 Å². The zero-order valence-electron chi connectivity index (χ0n) is 14.5. The van der Waals surface area contributed by atoms with E-state index in [1.807, 2.05) is 0 Å². The summed E-state index contributed by atoms with van der Waals surface area (Å²) in [4.78, 5) is 19.2. The van der Waals surface area contributed by atoms with Gasteiger partial charge in [0.15, 0.2) is 0 Å². The number of aryl methyl sites for hydroxylation is 1. The summed E-state index contributed by atoms with van der Waals surface area (Å²) >= 11 is 0. The summed E-state index contributed by atoms with van der Waals surface area (Å²) in [5.74, 6) is 1.10. The summed E-state index contributed by atoms with van der Waals surface area (Å²) in [5, 5.41) is 0. The fourth-order valence-corrected chi connectivity index (χ4v) is 3.54. The minimum absolute atomic E-state index is 0.320. The zero-order valence-corrected chi connectivity index (χ0v) is 14.5.